The van der Waals surface area contributed by atoms with Crippen molar-refractivity contribution in [3.8, 4) is 5.75 Å². The molecule has 1 amide bonds. The second kappa shape index (κ2) is 5.51. The molecule has 0 aromatic heterocycles. The molecule has 1 aliphatic heterocycles. The lowest BCUT2D eigenvalue weighted by molar-refractivity contribution is -0.128. The van der Waals surface area contributed by atoms with Gasteiger partial charge in [-0.25, -0.2) is 0 Å². The van der Waals surface area contributed by atoms with Crippen molar-refractivity contribution in [2.24, 2.45) is 5.41 Å². The number of carbonyl (C=O) groups excluding carboxylic acids is 1. The summed E-state index contributed by atoms with van der Waals surface area (Å²) in [5.74, 6) is 0.687. The van der Waals surface area contributed by atoms with Gasteiger partial charge >= 0.3 is 0 Å². The third kappa shape index (κ3) is 3.40. The average Bonchev–Trinajstić information content (AvgIpc) is 2.44. The van der Waals surface area contributed by atoms with Gasteiger partial charge in [-0.15, -0.1) is 0 Å². The summed E-state index contributed by atoms with van der Waals surface area (Å²) in [6.07, 6.45) is 0.572. The molecule has 0 fully saturated rings. The van der Waals surface area contributed by atoms with E-state index in [1.54, 1.807) is 0 Å². The molecular weight excluding hydrogens is 240 g/mol. The molecular formula is C15H22N2O2. The highest BCUT2D eigenvalue weighted by Crippen LogP contribution is 2.28. The molecule has 1 unspecified atom stereocenters. The first-order chi connectivity index (χ1) is 9.02. The molecule has 1 aliphatic rings. The zero-order chi connectivity index (χ0) is 13.9. The van der Waals surface area contributed by atoms with Crippen molar-refractivity contribution in [2.75, 3.05) is 18.4 Å². The lowest BCUT2D eigenvalue weighted by atomic mass is 9.90. The van der Waals surface area contributed by atoms with Crippen LogP contribution in [0.15, 0.2) is 24.3 Å². The maximum Gasteiger partial charge on any atom is 0.262 e. The zero-order valence-corrected chi connectivity index (χ0v) is 11.8. The van der Waals surface area contributed by atoms with E-state index < -0.39 is 6.10 Å². The zero-order valence-electron chi connectivity index (χ0n) is 11.8. The van der Waals surface area contributed by atoms with Crippen molar-refractivity contribution in [3.63, 3.8) is 0 Å². The maximum atomic E-state index is 12.1. The van der Waals surface area contributed by atoms with Crippen LogP contribution in [0.4, 0.5) is 5.69 Å². The van der Waals surface area contributed by atoms with Gasteiger partial charge in [0.05, 0.1) is 12.2 Å². The SMILES string of the molecule is CCC(C)(C)CNC(=O)C1CNc2ccccc2O1. The van der Waals surface area contributed by atoms with Gasteiger partial charge in [-0.1, -0.05) is 32.9 Å². The van der Waals surface area contributed by atoms with Crippen molar-refractivity contribution >= 4 is 11.6 Å². The average molecular weight is 262 g/mol. The van der Waals surface area contributed by atoms with Gasteiger partial charge in [-0.2, -0.15) is 0 Å². The van der Waals surface area contributed by atoms with Gasteiger partial charge in [0.25, 0.3) is 5.91 Å². The fourth-order valence-electron chi connectivity index (χ4n) is 1.82. The lowest BCUT2D eigenvalue weighted by Crippen LogP contribution is -2.47. The van der Waals surface area contributed by atoms with E-state index in [9.17, 15) is 4.79 Å². The molecule has 2 N–H and O–H groups in total. The van der Waals surface area contributed by atoms with Gasteiger partial charge in [0.1, 0.15) is 5.75 Å². The smallest absolute Gasteiger partial charge is 0.262 e. The number of hydrogen-bond donors (Lipinski definition) is 2. The molecule has 19 heavy (non-hydrogen) atoms. The van der Waals surface area contributed by atoms with Gasteiger partial charge in [-0.05, 0) is 24.0 Å². The first kappa shape index (κ1) is 13.7. The second-order valence-corrected chi connectivity index (χ2v) is 5.72. The summed E-state index contributed by atoms with van der Waals surface area (Å²) < 4.78 is 5.72. The number of anilines is 1. The number of benzene rings is 1. The summed E-state index contributed by atoms with van der Waals surface area (Å²) in [5.41, 5.74) is 1.07. The fraction of sp³-hybridized carbons (Fsp3) is 0.533. The molecule has 1 aromatic carbocycles. The Hall–Kier alpha value is -1.71. The maximum absolute atomic E-state index is 12.1. The van der Waals surface area contributed by atoms with Crippen LogP contribution in [0.25, 0.3) is 0 Å². The first-order valence-corrected chi connectivity index (χ1v) is 6.79. The van der Waals surface area contributed by atoms with Crippen molar-refractivity contribution in [3.05, 3.63) is 24.3 Å². The number of carbonyl (C=O) groups is 1. The summed E-state index contributed by atoms with van der Waals surface area (Å²) >= 11 is 0. The third-order valence-corrected chi connectivity index (χ3v) is 3.62. The number of rotatable bonds is 4. The van der Waals surface area contributed by atoms with Crippen molar-refractivity contribution in [1.29, 1.82) is 0 Å². The highest BCUT2D eigenvalue weighted by molar-refractivity contribution is 5.83. The van der Waals surface area contributed by atoms with Crippen molar-refractivity contribution < 1.29 is 9.53 Å². The molecule has 1 heterocycles. The number of para-hydroxylation sites is 2. The summed E-state index contributed by atoms with van der Waals surface area (Å²) in [6.45, 7) is 7.59. The van der Waals surface area contributed by atoms with Crippen LogP contribution in [0.3, 0.4) is 0 Å². The van der Waals surface area contributed by atoms with E-state index in [-0.39, 0.29) is 11.3 Å². The second-order valence-electron chi connectivity index (χ2n) is 5.72. The van der Waals surface area contributed by atoms with E-state index >= 15 is 0 Å². The third-order valence-electron chi connectivity index (χ3n) is 3.62. The summed E-state index contributed by atoms with van der Waals surface area (Å²) in [7, 11) is 0. The van der Waals surface area contributed by atoms with E-state index in [0.717, 1.165) is 17.9 Å². The summed E-state index contributed by atoms with van der Waals surface area (Å²) in [5, 5.41) is 6.19. The van der Waals surface area contributed by atoms with Gasteiger partial charge < -0.3 is 15.4 Å². The Kier molecular flexibility index (Phi) is 3.98. The van der Waals surface area contributed by atoms with Gasteiger partial charge in [0.15, 0.2) is 6.10 Å². The Labute approximate surface area is 114 Å². The Balaban J connectivity index is 1.92. The molecule has 104 valence electrons. The minimum atomic E-state index is -0.456. The number of hydrogen-bond acceptors (Lipinski definition) is 3. The molecule has 1 aromatic rings. The van der Waals surface area contributed by atoms with E-state index in [0.29, 0.717) is 13.1 Å². The minimum absolute atomic E-state index is 0.0523. The van der Waals surface area contributed by atoms with E-state index in [1.165, 1.54) is 0 Å². The van der Waals surface area contributed by atoms with Crippen LogP contribution in [0, 0.1) is 5.41 Å². The lowest BCUT2D eigenvalue weighted by Gasteiger charge is -2.28. The van der Waals surface area contributed by atoms with Gasteiger partial charge in [0, 0.05) is 6.54 Å². The van der Waals surface area contributed by atoms with E-state index in [2.05, 4.69) is 31.4 Å². The topological polar surface area (TPSA) is 50.4 Å². The molecule has 0 bridgehead atoms. The number of ether oxygens (including phenoxy) is 1. The van der Waals surface area contributed by atoms with Crippen LogP contribution in [0.1, 0.15) is 27.2 Å². The molecule has 2 rings (SSSR count). The Morgan fingerprint density at radius 3 is 2.95 bits per heavy atom. The first-order valence-electron chi connectivity index (χ1n) is 6.79. The molecule has 0 aliphatic carbocycles. The largest absolute Gasteiger partial charge is 0.477 e. The number of amides is 1. The Bertz CT molecular complexity index is 457. The van der Waals surface area contributed by atoms with Crippen LogP contribution in [0.2, 0.25) is 0 Å². The predicted molar refractivity (Wildman–Crippen MR) is 76.4 cm³/mol. The molecule has 0 saturated carbocycles. The molecule has 1 atom stereocenters. The number of nitrogens with one attached hydrogen (secondary N) is 2. The van der Waals surface area contributed by atoms with E-state index in [4.69, 9.17) is 4.74 Å². The predicted octanol–water partition coefficient (Wildman–Crippen LogP) is 2.41. The van der Waals surface area contributed by atoms with Crippen LogP contribution >= 0.6 is 0 Å². The van der Waals surface area contributed by atoms with Crippen LogP contribution in [0.5, 0.6) is 5.75 Å². The van der Waals surface area contributed by atoms with Crippen molar-refractivity contribution in [2.45, 2.75) is 33.3 Å². The highest BCUT2D eigenvalue weighted by atomic mass is 16.5. The van der Waals surface area contributed by atoms with Crippen LogP contribution in [-0.4, -0.2) is 25.1 Å². The quantitative estimate of drug-likeness (QED) is 0.876. The molecule has 0 saturated heterocycles. The molecule has 0 radical (unpaired) electrons. The van der Waals surface area contributed by atoms with Crippen molar-refractivity contribution in [1.82, 2.24) is 5.32 Å². The summed E-state index contributed by atoms with van der Waals surface area (Å²) in [4.78, 5) is 12.1. The molecule has 4 heteroatoms. The minimum Gasteiger partial charge on any atom is -0.477 e. The van der Waals surface area contributed by atoms with Gasteiger partial charge in [0.2, 0.25) is 0 Å². The summed E-state index contributed by atoms with van der Waals surface area (Å²) in [6, 6.07) is 7.67. The van der Waals surface area contributed by atoms with Crippen LogP contribution < -0.4 is 15.4 Å². The monoisotopic (exact) mass is 262 g/mol. The Morgan fingerprint density at radius 1 is 1.47 bits per heavy atom. The molecule has 4 nitrogen and oxygen atoms in total. The van der Waals surface area contributed by atoms with Crippen LogP contribution in [-0.2, 0) is 4.79 Å². The fourth-order valence-corrected chi connectivity index (χ4v) is 1.82. The normalized spacial score (nSPS) is 17.9. The highest BCUT2D eigenvalue weighted by Gasteiger charge is 2.26. The standard InChI is InChI=1S/C15H22N2O2/c1-4-15(2,3)10-17-14(18)13-9-16-11-7-5-6-8-12(11)19-13/h5-8,13,16H,4,9-10H2,1-3H3,(H,17,18). The van der Waals surface area contributed by atoms with E-state index in [1.807, 2.05) is 24.3 Å². The Morgan fingerprint density at radius 2 is 2.21 bits per heavy atom. The number of fused-ring (bicyclic) bond motifs is 1. The van der Waals surface area contributed by atoms with Gasteiger partial charge in [-0.3, -0.25) is 4.79 Å². The molecule has 0 spiro atoms.